The first kappa shape index (κ1) is 22.5. The molecule has 1 aromatic heterocycles. The van der Waals surface area contributed by atoms with Crippen molar-refractivity contribution in [2.24, 2.45) is 12.0 Å². The number of hydrogen-bond donors (Lipinski definition) is 1. The Hall–Kier alpha value is -2.17. The van der Waals surface area contributed by atoms with Crippen LogP contribution in [-0.2, 0) is 17.3 Å². The number of carbonyl (C=O) groups excluding carboxylic acids is 1. The second kappa shape index (κ2) is 9.32. The maximum absolute atomic E-state index is 13.3. The van der Waals surface area contributed by atoms with Gasteiger partial charge in [-0.05, 0) is 30.5 Å². The molecule has 1 aromatic carbocycles. The van der Waals surface area contributed by atoms with Crippen LogP contribution in [0.2, 0.25) is 0 Å². The minimum atomic E-state index is -0.211. The number of carbonyl (C=O) groups is 1. The molecule has 162 valence electrons. The number of aromatic nitrogens is 2. The van der Waals surface area contributed by atoms with E-state index >= 15 is 0 Å². The topological polar surface area (TPSA) is 65.8 Å². The van der Waals surface area contributed by atoms with Crippen molar-refractivity contribution >= 4 is 41.5 Å². The van der Waals surface area contributed by atoms with E-state index in [1.54, 1.807) is 22.8 Å². The molecule has 1 aliphatic heterocycles. The van der Waals surface area contributed by atoms with Crippen LogP contribution in [0.15, 0.2) is 41.7 Å². The number of hydrogen-bond acceptors (Lipinski definition) is 3. The number of nitrogens with zero attached hydrogens (tertiary/aromatic N) is 5. The summed E-state index contributed by atoms with van der Waals surface area (Å²) in [5.41, 5.74) is 1.99. The molecule has 2 heterocycles. The van der Waals surface area contributed by atoms with Gasteiger partial charge in [0.05, 0.1) is 11.9 Å². The number of nitrogens with one attached hydrogen (secondary N) is 1. The highest BCUT2D eigenvalue weighted by Gasteiger charge is 2.39. The smallest absolute Gasteiger partial charge is 0.246 e. The van der Waals surface area contributed by atoms with E-state index in [4.69, 9.17) is 0 Å². The van der Waals surface area contributed by atoms with Crippen molar-refractivity contribution < 1.29 is 9.18 Å². The van der Waals surface area contributed by atoms with Crippen LogP contribution in [0.1, 0.15) is 24.8 Å². The number of halogens is 2. The lowest BCUT2D eigenvalue weighted by Gasteiger charge is -2.44. The van der Waals surface area contributed by atoms with Crippen molar-refractivity contribution in [3.63, 3.8) is 0 Å². The van der Waals surface area contributed by atoms with E-state index in [1.165, 1.54) is 18.6 Å². The quantitative estimate of drug-likeness (QED) is 0.378. The first-order chi connectivity index (χ1) is 14.0. The fourth-order valence-electron chi connectivity index (χ4n) is 4.23. The van der Waals surface area contributed by atoms with Gasteiger partial charge in [0, 0.05) is 45.3 Å². The molecule has 7 nitrogen and oxygen atoms in total. The van der Waals surface area contributed by atoms with Gasteiger partial charge in [-0.1, -0.05) is 18.6 Å². The Bertz CT molecular complexity index is 908. The lowest BCUT2D eigenvalue weighted by atomic mass is 9.64. The van der Waals surface area contributed by atoms with Gasteiger partial charge in [-0.2, -0.15) is 5.10 Å². The van der Waals surface area contributed by atoms with Crippen LogP contribution in [0.4, 0.5) is 10.1 Å². The zero-order valence-electron chi connectivity index (χ0n) is 17.3. The number of anilines is 1. The van der Waals surface area contributed by atoms with Crippen molar-refractivity contribution in [2.45, 2.75) is 24.7 Å². The number of piperazine rings is 1. The molecule has 1 saturated heterocycles. The van der Waals surface area contributed by atoms with Crippen molar-refractivity contribution in [3.05, 3.63) is 48.0 Å². The summed E-state index contributed by atoms with van der Waals surface area (Å²) in [4.78, 5) is 20.8. The standard InChI is InChI=1S/C21H27FN6O.HI/c1-23-20(24-15-21(8-3-9-21)16-4-6-17(22)7-5-16)27-10-11-28(19(29)14-27)18-12-25-26(2)13-18;/h4-7,12-13H,3,8-11,14-15H2,1-2H3,(H,23,24);1H. The van der Waals surface area contributed by atoms with E-state index in [0.717, 1.165) is 36.6 Å². The molecule has 2 fully saturated rings. The van der Waals surface area contributed by atoms with Gasteiger partial charge in [-0.25, -0.2) is 4.39 Å². The number of amides is 1. The monoisotopic (exact) mass is 526 g/mol. The molecule has 0 bridgehead atoms. The SMILES string of the molecule is CN=C(NCC1(c2ccc(F)cc2)CCC1)N1CCN(c2cnn(C)c2)C(=O)C1.I. The highest BCUT2D eigenvalue weighted by Crippen LogP contribution is 2.43. The fraction of sp³-hybridized carbons (Fsp3) is 0.476. The normalized spacial score (nSPS) is 18.6. The van der Waals surface area contributed by atoms with E-state index in [0.29, 0.717) is 13.1 Å². The fourth-order valence-corrected chi connectivity index (χ4v) is 4.23. The van der Waals surface area contributed by atoms with Gasteiger partial charge in [0.1, 0.15) is 12.4 Å². The zero-order chi connectivity index (χ0) is 20.4. The van der Waals surface area contributed by atoms with Crippen LogP contribution in [0.25, 0.3) is 0 Å². The lowest BCUT2D eigenvalue weighted by molar-refractivity contribution is -0.120. The molecule has 9 heteroatoms. The molecular weight excluding hydrogens is 498 g/mol. The summed E-state index contributed by atoms with van der Waals surface area (Å²) >= 11 is 0. The van der Waals surface area contributed by atoms with Crippen LogP contribution in [0, 0.1) is 5.82 Å². The summed E-state index contributed by atoms with van der Waals surface area (Å²) in [6.45, 7) is 2.29. The second-order valence-electron chi connectivity index (χ2n) is 7.88. The number of guanidine groups is 1. The molecular formula is C21H28FIN6O. The summed E-state index contributed by atoms with van der Waals surface area (Å²) < 4.78 is 15.0. The summed E-state index contributed by atoms with van der Waals surface area (Å²) in [6, 6.07) is 6.82. The van der Waals surface area contributed by atoms with Gasteiger partial charge in [0.2, 0.25) is 5.91 Å². The average Bonchev–Trinajstić information content (AvgIpc) is 3.11. The van der Waals surface area contributed by atoms with Gasteiger partial charge in [-0.15, -0.1) is 24.0 Å². The number of benzene rings is 1. The molecule has 2 aromatic rings. The minimum absolute atomic E-state index is 0. The average molecular weight is 526 g/mol. The van der Waals surface area contributed by atoms with E-state index in [1.807, 2.05) is 30.3 Å². The van der Waals surface area contributed by atoms with Gasteiger partial charge >= 0.3 is 0 Å². The van der Waals surface area contributed by atoms with Crippen LogP contribution in [0.3, 0.4) is 0 Å². The Morgan fingerprint density at radius 2 is 2.00 bits per heavy atom. The number of rotatable bonds is 4. The molecule has 0 atom stereocenters. The lowest BCUT2D eigenvalue weighted by Crippen LogP contribution is -2.57. The third kappa shape index (κ3) is 4.45. The molecule has 1 aliphatic carbocycles. The second-order valence-corrected chi connectivity index (χ2v) is 7.88. The van der Waals surface area contributed by atoms with E-state index in [9.17, 15) is 9.18 Å². The van der Waals surface area contributed by atoms with Crippen molar-refractivity contribution in [1.82, 2.24) is 20.0 Å². The third-order valence-corrected chi connectivity index (χ3v) is 6.09. The molecule has 0 unspecified atom stereocenters. The van der Waals surface area contributed by atoms with Gasteiger partial charge < -0.3 is 15.1 Å². The molecule has 1 N–H and O–H groups in total. The minimum Gasteiger partial charge on any atom is -0.355 e. The van der Waals surface area contributed by atoms with E-state index in [2.05, 4.69) is 15.4 Å². The van der Waals surface area contributed by atoms with Crippen molar-refractivity contribution in [2.75, 3.05) is 38.1 Å². The molecule has 4 rings (SSSR count). The summed E-state index contributed by atoms with van der Waals surface area (Å²) in [7, 11) is 3.58. The van der Waals surface area contributed by atoms with Gasteiger partial charge in [0.15, 0.2) is 5.96 Å². The molecule has 2 aliphatic rings. The zero-order valence-corrected chi connectivity index (χ0v) is 19.7. The third-order valence-electron chi connectivity index (χ3n) is 6.09. The molecule has 1 amide bonds. The van der Waals surface area contributed by atoms with E-state index in [-0.39, 0.29) is 47.7 Å². The Morgan fingerprint density at radius 3 is 2.53 bits per heavy atom. The predicted molar refractivity (Wildman–Crippen MR) is 126 cm³/mol. The van der Waals surface area contributed by atoms with Crippen molar-refractivity contribution in [1.29, 1.82) is 0 Å². The summed E-state index contributed by atoms with van der Waals surface area (Å²) in [6.07, 6.45) is 6.86. The summed E-state index contributed by atoms with van der Waals surface area (Å²) in [5, 5.41) is 7.62. The van der Waals surface area contributed by atoms with Gasteiger partial charge in [0.25, 0.3) is 0 Å². The molecule has 30 heavy (non-hydrogen) atoms. The summed E-state index contributed by atoms with van der Waals surface area (Å²) in [5.74, 6) is 0.554. The molecule has 0 radical (unpaired) electrons. The Morgan fingerprint density at radius 1 is 1.27 bits per heavy atom. The molecule has 1 saturated carbocycles. The Kier molecular flexibility index (Phi) is 6.99. The maximum Gasteiger partial charge on any atom is 0.246 e. The van der Waals surface area contributed by atoms with Crippen LogP contribution in [0.5, 0.6) is 0 Å². The van der Waals surface area contributed by atoms with E-state index < -0.39 is 0 Å². The highest BCUT2D eigenvalue weighted by molar-refractivity contribution is 14.0. The first-order valence-corrected chi connectivity index (χ1v) is 10.0. The first-order valence-electron chi connectivity index (χ1n) is 10.0. The van der Waals surface area contributed by atoms with Crippen LogP contribution >= 0.6 is 24.0 Å². The highest BCUT2D eigenvalue weighted by atomic mass is 127. The van der Waals surface area contributed by atoms with Gasteiger partial charge in [-0.3, -0.25) is 14.5 Å². The molecule has 0 spiro atoms. The Balaban J connectivity index is 0.00000256. The Labute approximate surface area is 193 Å². The van der Waals surface area contributed by atoms with Crippen LogP contribution in [-0.4, -0.2) is 59.8 Å². The number of aliphatic imine (C=N–C) groups is 1. The van der Waals surface area contributed by atoms with Crippen LogP contribution < -0.4 is 10.2 Å². The maximum atomic E-state index is 13.3. The predicted octanol–water partition coefficient (Wildman–Crippen LogP) is 2.52. The number of aryl methyl sites for hydroxylation is 1. The largest absolute Gasteiger partial charge is 0.355 e. The van der Waals surface area contributed by atoms with Crippen molar-refractivity contribution in [3.8, 4) is 0 Å².